The summed E-state index contributed by atoms with van der Waals surface area (Å²) in [6.07, 6.45) is 2.51. The van der Waals surface area contributed by atoms with Gasteiger partial charge in [0, 0.05) is 10.5 Å². The van der Waals surface area contributed by atoms with Crippen LogP contribution in [0.15, 0.2) is 22.7 Å². The number of nitrogens with one attached hydrogen (secondary N) is 1. The molecule has 17 heavy (non-hydrogen) atoms. The van der Waals surface area contributed by atoms with Crippen LogP contribution in [-0.4, -0.2) is 6.54 Å². The second-order valence-electron chi connectivity index (χ2n) is 4.81. The van der Waals surface area contributed by atoms with Crippen molar-refractivity contribution in [3.8, 4) is 0 Å². The molecule has 0 heterocycles. The molecule has 0 bridgehead atoms. The number of rotatable bonds is 6. The molecule has 2 unspecified atom stereocenters. The van der Waals surface area contributed by atoms with E-state index >= 15 is 0 Å². The molecule has 0 aromatic heterocycles. The van der Waals surface area contributed by atoms with Gasteiger partial charge in [0.1, 0.15) is 0 Å². The predicted molar refractivity (Wildman–Crippen MR) is 79.4 cm³/mol. The van der Waals surface area contributed by atoms with Crippen molar-refractivity contribution in [1.82, 2.24) is 5.32 Å². The third-order valence-corrected chi connectivity index (χ3v) is 4.15. The van der Waals surface area contributed by atoms with E-state index in [0.717, 1.165) is 6.54 Å². The van der Waals surface area contributed by atoms with Gasteiger partial charge in [-0.2, -0.15) is 0 Å². The van der Waals surface area contributed by atoms with Crippen LogP contribution in [0.5, 0.6) is 0 Å². The maximum Gasteiger partial charge on any atom is 0.0346 e. The molecule has 1 aromatic carbocycles. The van der Waals surface area contributed by atoms with Gasteiger partial charge >= 0.3 is 0 Å². The summed E-state index contributed by atoms with van der Waals surface area (Å²) in [7, 11) is 0. The Morgan fingerprint density at radius 1 is 1.29 bits per heavy atom. The zero-order valence-electron chi connectivity index (χ0n) is 11.4. The number of aryl methyl sites for hydroxylation is 1. The van der Waals surface area contributed by atoms with Gasteiger partial charge in [0.25, 0.3) is 0 Å². The lowest BCUT2D eigenvalue weighted by molar-refractivity contribution is 0.369. The van der Waals surface area contributed by atoms with Crippen LogP contribution in [-0.2, 0) is 0 Å². The molecule has 0 aliphatic rings. The molecule has 1 aromatic rings. The lowest BCUT2D eigenvalue weighted by Gasteiger charge is -2.25. The standard InChI is InChI=1S/C15H24BrN/c1-5-7-12(4)15(17-6-2)13-9-8-11(3)14(16)10-13/h8-10,12,15,17H,5-7H2,1-4H3. The zero-order valence-corrected chi connectivity index (χ0v) is 13.0. The Hall–Kier alpha value is -0.340. The van der Waals surface area contributed by atoms with Crippen LogP contribution >= 0.6 is 15.9 Å². The van der Waals surface area contributed by atoms with Crippen molar-refractivity contribution < 1.29 is 0 Å². The Kier molecular flexibility index (Phi) is 6.21. The molecule has 1 nitrogen and oxygen atoms in total. The molecule has 0 radical (unpaired) electrons. The van der Waals surface area contributed by atoms with Crippen molar-refractivity contribution in [2.45, 2.75) is 46.6 Å². The minimum atomic E-state index is 0.469. The van der Waals surface area contributed by atoms with E-state index in [0.29, 0.717) is 12.0 Å². The molecule has 0 fully saturated rings. The average Bonchev–Trinajstić information content (AvgIpc) is 2.30. The fourth-order valence-corrected chi connectivity index (χ4v) is 2.69. The highest BCUT2D eigenvalue weighted by atomic mass is 79.9. The minimum absolute atomic E-state index is 0.469. The highest BCUT2D eigenvalue weighted by molar-refractivity contribution is 9.10. The van der Waals surface area contributed by atoms with E-state index in [1.807, 2.05) is 0 Å². The summed E-state index contributed by atoms with van der Waals surface area (Å²) in [5.74, 6) is 0.676. The van der Waals surface area contributed by atoms with Gasteiger partial charge in [-0.15, -0.1) is 0 Å². The van der Waals surface area contributed by atoms with E-state index in [9.17, 15) is 0 Å². The van der Waals surface area contributed by atoms with Crippen molar-refractivity contribution in [3.63, 3.8) is 0 Å². The lowest BCUT2D eigenvalue weighted by Crippen LogP contribution is -2.26. The van der Waals surface area contributed by atoms with Crippen LogP contribution in [0.1, 0.15) is 50.8 Å². The van der Waals surface area contributed by atoms with Gasteiger partial charge in [-0.1, -0.05) is 55.3 Å². The van der Waals surface area contributed by atoms with Crippen molar-refractivity contribution >= 4 is 15.9 Å². The molecule has 0 spiro atoms. The zero-order chi connectivity index (χ0) is 12.8. The number of halogens is 1. The van der Waals surface area contributed by atoms with Gasteiger partial charge < -0.3 is 5.32 Å². The number of benzene rings is 1. The second-order valence-corrected chi connectivity index (χ2v) is 5.66. The third kappa shape index (κ3) is 4.11. The first kappa shape index (κ1) is 14.7. The summed E-state index contributed by atoms with van der Waals surface area (Å²) in [6.45, 7) is 9.92. The Balaban J connectivity index is 2.92. The summed E-state index contributed by atoms with van der Waals surface area (Å²) in [6, 6.07) is 7.17. The molecule has 0 saturated heterocycles. The Morgan fingerprint density at radius 3 is 2.53 bits per heavy atom. The highest BCUT2D eigenvalue weighted by Gasteiger charge is 2.17. The Labute approximate surface area is 114 Å². The van der Waals surface area contributed by atoms with Crippen molar-refractivity contribution in [2.24, 2.45) is 5.92 Å². The molecule has 0 amide bonds. The highest BCUT2D eigenvalue weighted by Crippen LogP contribution is 2.28. The lowest BCUT2D eigenvalue weighted by atomic mass is 9.90. The average molecular weight is 298 g/mol. The maximum absolute atomic E-state index is 3.63. The van der Waals surface area contributed by atoms with E-state index in [2.05, 4.69) is 67.1 Å². The van der Waals surface area contributed by atoms with E-state index in [4.69, 9.17) is 0 Å². The topological polar surface area (TPSA) is 12.0 Å². The molecular formula is C15H24BrN. The predicted octanol–water partition coefficient (Wildman–Crippen LogP) is 4.84. The third-order valence-electron chi connectivity index (χ3n) is 3.29. The molecule has 0 aliphatic carbocycles. The maximum atomic E-state index is 3.63. The van der Waals surface area contributed by atoms with Crippen LogP contribution < -0.4 is 5.32 Å². The molecule has 2 atom stereocenters. The Bertz CT molecular complexity index is 349. The smallest absolute Gasteiger partial charge is 0.0346 e. The van der Waals surface area contributed by atoms with Crippen LogP contribution in [0.3, 0.4) is 0 Å². The quantitative estimate of drug-likeness (QED) is 0.792. The minimum Gasteiger partial charge on any atom is -0.310 e. The molecule has 0 saturated carbocycles. The number of hydrogen-bond acceptors (Lipinski definition) is 1. The normalized spacial score (nSPS) is 14.6. The molecule has 1 N–H and O–H groups in total. The monoisotopic (exact) mass is 297 g/mol. The van der Waals surface area contributed by atoms with Gasteiger partial charge in [0.2, 0.25) is 0 Å². The van der Waals surface area contributed by atoms with E-state index in [1.54, 1.807) is 0 Å². The van der Waals surface area contributed by atoms with Gasteiger partial charge in [-0.3, -0.25) is 0 Å². The summed E-state index contributed by atoms with van der Waals surface area (Å²) in [4.78, 5) is 0. The molecule has 2 heteroatoms. The number of hydrogen-bond donors (Lipinski definition) is 1. The molecule has 1 rings (SSSR count). The summed E-state index contributed by atoms with van der Waals surface area (Å²) in [5, 5.41) is 3.61. The first-order chi connectivity index (χ1) is 8.10. The summed E-state index contributed by atoms with van der Waals surface area (Å²) >= 11 is 3.63. The van der Waals surface area contributed by atoms with Gasteiger partial charge in [-0.05, 0) is 43.0 Å². The Morgan fingerprint density at radius 2 is 2.00 bits per heavy atom. The summed E-state index contributed by atoms with van der Waals surface area (Å²) < 4.78 is 1.21. The van der Waals surface area contributed by atoms with Gasteiger partial charge in [0.05, 0.1) is 0 Å². The van der Waals surface area contributed by atoms with Gasteiger partial charge in [-0.25, -0.2) is 0 Å². The molecular weight excluding hydrogens is 274 g/mol. The SMILES string of the molecule is CCCC(C)C(NCC)c1ccc(C)c(Br)c1. The van der Waals surface area contributed by atoms with Crippen molar-refractivity contribution in [3.05, 3.63) is 33.8 Å². The van der Waals surface area contributed by atoms with E-state index < -0.39 is 0 Å². The van der Waals surface area contributed by atoms with E-state index in [1.165, 1.54) is 28.4 Å². The van der Waals surface area contributed by atoms with Crippen LogP contribution in [0.2, 0.25) is 0 Å². The fourth-order valence-electron chi connectivity index (χ4n) is 2.29. The fraction of sp³-hybridized carbons (Fsp3) is 0.600. The van der Waals surface area contributed by atoms with Crippen LogP contribution in [0, 0.1) is 12.8 Å². The largest absolute Gasteiger partial charge is 0.310 e. The van der Waals surface area contributed by atoms with Crippen LogP contribution in [0.4, 0.5) is 0 Å². The molecule has 96 valence electrons. The van der Waals surface area contributed by atoms with Crippen molar-refractivity contribution in [2.75, 3.05) is 6.54 Å². The first-order valence-corrected chi connectivity index (χ1v) is 7.38. The van der Waals surface area contributed by atoms with Gasteiger partial charge in [0.15, 0.2) is 0 Å². The summed E-state index contributed by atoms with van der Waals surface area (Å²) in [5.41, 5.74) is 2.69. The first-order valence-electron chi connectivity index (χ1n) is 6.59. The second kappa shape index (κ2) is 7.17. The van der Waals surface area contributed by atoms with Crippen molar-refractivity contribution in [1.29, 1.82) is 0 Å². The molecule has 0 aliphatic heterocycles. The van der Waals surface area contributed by atoms with E-state index in [-0.39, 0.29) is 0 Å². The van der Waals surface area contributed by atoms with Crippen LogP contribution in [0.25, 0.3) is 0 Å².